The average Bonchev–Trinajstić information content (AvgIpc) is 2.08. The van der Waals surface area contributed by atoms with Crippen molar-refractivity contribution < 1.29 is 9.47 Å². The zero-order valence-electron chi connectivity index (χ0n) is 10.7. The Hall–Kier alpha value is -0.120. The Kier molecular flexibility index (Phi) is 3.80. The van der Waals surface area contributed by atoms with Gasteiger partial charge in [0.15, 0.2) is 0 Å². The molecule has 0 aromatic rings. The first-order chi connectivity index (χ1) is 6.73. The summed E-state index contributed by atoms with van der Waals surface area (Å²) in [4.78, 5) is 0. The zero-order chi connectivity index (χ0) is 11.7. The lowest BCUT2D eigenvalue weighted by atomic mass is 9.65. The Morgan fingerprint density at radius 1 is 1.27 bits per heavy atom. The van der Waals surface area contributed by atoms with E-state index < -0.39 is 0 Å². The maximum absolute atomic E-state index is 5.91. The number of nitrogens with two attached hydrogens (primary N) is 1. The van der Waals surface area contributed by atoms with Gasteiger partial charge in [0, 0.05) is 11.5 Å². The van der Waals surface area contributed by atoms with Gasteiger partial charge in [0.2, 0.25) is 0 Å². The van der Waals surface area contributed by atoms with Crippen LogP contribution in [0.15, 0.2) is 0 Å². The van der Waals surface area contributed by atoms with Gasteiger partial charge in [-0.3, -0.25) is 0 Å². The topological polar surface area (TPSA) is 44.5 Å². The Labute approximate surface area is 93.3 Å². The highest BCUT2D eigenvalue weighted by Gasteiger charge is 2.46. The maximum Gasteiger partial charge on any atom is 0.0707 e. The largest absolute Gasteiger partial charge is 0.375 e. The van der Waals surface area contributed by atoms with Gasteiger partial charge in [0.05, 0.1) is 24.9 Å². The van der Waals surface area contributed by atoms with Crippen molar-refractivity contribution in [1.82, 2.24) is 0 Å². The van der Waals surface area contributed by atoms with E-state index in [1.807, 2.05) is 0 Å². The lowest BCUT2D eigenvalue weighted by molar-refractivity contribution is -0.129. The molecule has 0 saturated heterocycles. The van der Waals surface area contributed by atoms with Crippen LogP contribution in [-0.2, 0) is 9.47 Å². The van der Waals surface area contributed by atoms with Gasteiger partial charge in [-0.05, 0) is 27.2 Å². The highest BCUT2D eigenvalue weighted by atomic mass is 16.5. The third kappa shape index (κ3) is 3.44. The quantitative estimate of drug-likeness (QED) is 0.729. The molecule has 2 N–H and O–H groups in total. The van der Waals surface area contributed by atoms with Crippen LogP contribution in [0.5, 0.6) is 0 Å². The van der Waals surface area contributed by atoms with Crippen molar-refractivity contribution in [2.75, 3.05) is 13.2 Å². The zero-order valence-corrected chi connectivity index (χ0v) is 10.7. The van der Waals surface area contributed by atoms with Crippen LogP contribution in [0.2, 0.25) is 0 Å². The van der Waals surface area contributed by atoms with Crippen LogP contribution < -0.4 is 5.73 Å². The average molecular weight is 215 g/mol. The molecule has 0 bridgehead atoms. The van der Waals surface area contributed by atoms with Crippen molar-refractivity contribution in [2.45, 2.75) is 58.8 Å². The fraction of sp³-hybridized carbons (Fsp3) is 1.00. The first-order valence-corrected chi connectivity index (χ1v) is 5.74. The van der Waals surface area contributed by atoms with E-state index in [0.717, 1.165) is 6.42 Å². The molecule has 1 aliphatic rings. The highest BCUT2D eigenvalue weighted by Crippen LogP contribution is 2.41. The smallest absolute Gasteiger partial charge is 0.0707 e. The molecule has 3 nitrogen and oxygen atoms in total. The van der Waals surface area contributed by atoms with Gasteiger partial charge in [-0.25, -0.2) is 0 Å². The molecule has 2 unspecified atom stereocenters. The molecular weight excluding hydrogens is 190 g/mol. The summed E-state index contributed by atoms with van der Waals surface area (Å²) >= 11 is 0. The Morgan fingerprint density at radius 2 is 1.87 bits per heavy atom. The van der Waals surface area contributed by atoms with Crippen LogP contribution in [0.25, 0.3) is 0 Å². The predicted molar refractivity (Wildman–Crippen MR) is 61.8 cm³/mol. The molecule has 0 spiro atoms. The summed E-state index contributed by atoms with van der Waals surface area (Å²) in [5, 5.41) is 0. The molecule has 0 amide bonds. The van der Waals surface area contributed by atoms with E-state index in [9.17, 15) is 0 Å². The standard InChI is InChI=1S/C12H25NO2/c1-11(2,3)15-7-6-14-10-8-9(13)12(10,4)5/h9-10H,6-8,13H2,1-5H3. The fourth-order valence-corrected chi connectivity index (χ4v) is 1.74. The molecule has 1 rings (SSSR count). The van der Waals surface area contributed by atoms with E-state index >= 15 is 0 Å². The van der Waals surface area contributed by atoms with Crippen LogP contribution in [0.1, 0.15) is 41.0 Å². The molecule has 0 aromatic heterocycles. The molecule has 0 aromatic carbocycles. The summed E-state index contributed by atoms with van der Waals surface area (Å²) < 4.78 is 11.3. The molecule has 1 fully saturated rings. The normalized spacial score (nSPS) is 30.0. The molecule has 1 aliphatic carbocycles. The number of ether oxygens (including phenoxy) is 2. The van der Waals surface area contributed by atoms with Gasteiger partial charge >= 0.3 is 0 Å². The van der Waals surface area contributed by atoms with E-state index in [1.165, 1.54) is 0 Å². The van der Waals surface area contributed by atoms with Gasteiger partial charge in [0.25, 0.3) is 0 Å². The van der Waals surface area contributed by atoms with E-state index in [1.54, 1.807) is 0 Å². The van der Waals surface area contributed by atoms with Crippen LogP contribution in [0, 0.1) is 5.41 Å². The monoisotopic (exact) mass is 215 g/mol. The number of hydrogen-bond donors (Lipinski definition) is 1. The van der Waals surface area contributed by atoms with Crippen molar-refractivity contribution in [3.63, 3.8) is 0 Å². The second kappa shape index (κ2) is 4.40. The first kappa shape index (κ1) is 12.9. The third-order valence-corrected chi connectivity index (χ3v) is 3.19. The second-order valence-corrected chi connectivity index (χ2v) is 5.98. The summed E-state index contributed by atoms with van der Waals surface area (Å²) in [7, 11) is 0. The van der Waals surface area contributed by atoms with Crippen molar-refractivity contribution >= 4 is 0 Å². The van der Waals surface area contributed by atoms with Gasteiger partial charge in [-0.1, -0.05) is 13.8 Å². The Balaban J connectivity index is 2.12. The molecule has 0 aliphatic heterocycles. The third-order valence-electron chi connectivity index (χ3n) is 3.19. The SMILES string of the molecule is CC(C)(C)OCCOC1CC(N)C1(C)C. The number of rotatable bonds is 4. The minimum absolute atomic E-state index is 0.0745. The maximum atomic E-state index is 5.91. The second-order valence-electron chi connectivity index (χ2n) is 5.98. The summed E-state index contributed by atoms with van der Waals surface area (Å²) in [5.74, 6) is 0. The molecule has 0 radical (unpaired) electrons. The van der Waals surface area contributed by atoms with Crippen molar-refractivity contribution in [3.05, 3.63) is 0 Å². The van der Waals surface area contributed by atoms with Gasteiger partial charge in [0.1, 0.15) is 0 Å². The van der Waals surface area contributed by atoms with Gasteiger partial charge < -0.3 is 15.2 Å². The van der Waals surface area contributed by atoms with Gasteiger partial charge in [-0.2, -0.15) is 0 Å². The van der Waals surface area contributed by atoms with Crippen molar-refractivity contribution in [2.24, 2.45) is 11.1 Å². The van der Waals surface area contributed by atoms with Crippen LogP contribution in [0.4, 0.5) is 0 Å². The summed E-state index contributed by atoms with van der Waals surface area (Å²) in [5.41, 5.74) is 5.96. The van der Waals surface area contributed by atoms with E-state index in [0.29, 0.717) is 19.3 Å². The molecule has 0 heterocycles. The van der Waals surface area contributed by atoms with Crippen LogP contribution >= 0.6 is 0 Å². The first-order valence-electron chi connectivity index (χ1n) is 5.74. The molecule has 1 saturated carbocycles. The van der Waals surface area contributed by atoms with Gasteiger partial charge in [-0.15, -0.1) is 0 Å². The summed E-state index contributed by atoms with van der Waals surface area (Å²) in [6.07, 6.45) is 1.28. The summed E-state index contributed by atoms with van der Waals surface area (Å²) in [6, 6.07) is 0.283. The molecular formula is C12H25NO2. The summed E-state index contributed by atoms with van der Waals surface area (Å²) in [6.45, 7) is 11.8. The van der Waals surface area contributed by atoms with E-state index in [2.05, 4.69) is 34.6 Å². The molecule has 2 atom stereocenters. The van der Waals surface area contributed by atoms with E-state index in [4.69, 9.17) is 15.2 Å². The lowest BCUT2D eigenvalue weighted by Crippen LogP contribution is -2.59. The van der Waals surface area contributed by atoms with Crippen LogP contribution in [-0.4, -0.2) is 31.0 Å². The Bertz CT molecular complexity index is 208. The van der Waals surface area contributed by atoms with E-state index in [-0.39, 0.29) is 17.1 Å². The predicted octanol–water partition coefficient (Wildman–Crippen LogP) is 1.94. The fourth-order valence-electron chi connectivity index (χ4n) is 1.74. The van der Waals surface area contributed by atoms with Crippen LogP contribution in [0.3, 0.4) is 0 Å². The number of hydrogen-bond acceptors (Lipinski definition) is 3. The minimum Gasteiger partial charge on any atom is -0.375 e. The van der Waals surface area contributed by atoms with Crippen molar-refractivity contribution in [1.29, 1.82) is 0 Å². The minimum atomic E-state index is -0.0745. The highest BCUT2D eigenvalue weighted by molar-refractivity contribution is 5.00. The molecule has 3 heteroatoms. The lowest BCUT2D eigenvalue weighted by Gasteiger charge is -2.49. The molecule has 90 valence electrons. The molecule has 15 heavy (non-hydrogen) atoms. The Morgan fingerprint density at radius 3 is 2.27 bits per heavy atom. The van der Waals surface area contributed by atoms with Crippen molar-refractivity contribution in [3.8, 4) is 0 Å².